The summed E-state index contributed by atoms with van der Waals surface area (Å²) in [5.41, 5.74) is 3.58. The van der Waals surface area contributed by atoms with Crippen molar-refractivity contribution >= 4 is 33.4 Å². The Morgan fingerprint density at radius 3 is 2.00 bits per heavy atom. The molecule has 128 valence electrons. The van der Waals surface area contributed by atoms with Crippen LogP contribution in [0.3, 0.4) is 0 Å². The van der Waals surface area contributed by atoms with Gasteiger partial charge in [0.05, 0.1) is 5.69 Å². The summed E-state index contributed by atoms with van der Waals surface area (Å²) >= 11 is 0. The largest absolute Gasteiger partial charge is 0.256 e. The van der Waals surface area contributed by atoms with Crippen molar-refractivity contribution in [1.82, 2.24) is 0 Å². The zero-order valence-corrected chi connectivity index (χ0v) is 15.2. The lowest BCUT2D eigenvalue weighted by molar-refractivity contribution is 0.795. The van der Waals surface area contributed by atoms with Crippen molar-refractivity contribution in [2.24, 2.45) is 4.99 Å². The Morgan fingerprint density at radius 1 is 0.769 bits per heavy atom. The minimum atomic E-state index is 1.00. The van der Waals surface area contributed by atoms with Crippen LogP contribution in [0.2, 0.25) is 0 Å². The molecule has 26 heavy (non-hydrogen) atoms. The number of hydrogen-bond acceptors (Lipinski definition) is 1. The molecule has 4 aromatic carbocycles. The molecule has 0 N–H and O–H groups in total. The van der Waals surface area contributed by atoms with E-state index in [-0.39, 0.29) is 0 Å². The third kappa shape index (κ3) is 3.39. The molecule has 1 nitrogen and oxygen atoms in total. The third-order valence-corrected chi connectivity index (χ3v) is 4.91. The van der Waals surface area contributed by atoms with Crippen molar-refractivity contribution in [1.29, 1.82) is 0 Å². The van der Waals surface area contributed by atoms with E-state index in [0.29, 0.717) is 0 Å². The van der Waals surface area contributed by atoms with E-state index >= 15 is 0 Å². The smallest absolute Gasteiger partial charge is 0.0630 e. The fraction of sp³-hybridized carbons (Fsp3) is 0.160. The van der Waals surface area contributed by atoms with Gasteiger partial charge in [-0.3, -0.25) is 4.99 Å². The van der Waals surface area contributed by atoms with Gasteiger partial charge in [0.15, 0.2) is 0 Å². The summed E-state index contributed by atoms with van der Waals surface area (Å²) < 4.78 is 0. The van der Waals surface area contributed by atoms with Crippen molar-refractivity contribution in [3.8, 4) is 0 Å². The van der Waals surface area contributed by atoms with E-state index in [1.165, 1.54) is 45.5 Å². The molecule has 0 atom stereocenters. The van der Waals surface area contributed by atoms with Crippen molar-refractivity contribution in [3.63, 3.8) is 0 Å². The van der Waals surface area contributed by atoms with Gasteiger partial charge < -0.3 is 0 Å². The normalized spacial score (nSPS) is 11.6. The Bertz CT molecular complexity index is 1000. The summed E-state index contributed by atoms with van der Waals surface area (Å²) in [6.07, 6.45) is 5.64. The molecule has 0 heterocycles. The van der Waals surface area contributed by atoms with Crippen LogP contribution in [-0.4, -0.2) is 6.21 Å². The fourth-order valence-electron chi connectivity index (χ4n) is 3.46. The second-order valence-corrected chi connectivity index (χ2v) is 6.76. The molecule has 0 unspecified atom stereocenters. The summed E-state index contributed by atoms with van der Waals surface area (Å²) in [7, 11) is 0. The molecular formula is C25H23N. The average Bonchev–Trinajstić information content (AvgIpc) is 2.70. The number of fused-ring (bicyclic) bond motifs is 2. The van der Waals surface area contributed by atoms with E-state index in [2.05, 4.69) is 85.8 Å². The first kappa shape index (κ1) is 16.5. The summed E-state index contributed by atoms with van der Waals surface area (Å²) in [5.74, 6) is 0. The van der Waals surface area contributed by atoms with Gasteiger partial charge in [-0.1, -0.05) is 74.0 Å². The van der Waals surface area contributed by atoms with Crippen LogP contribution in [0.5, 0.6) is 0 Å². The second kappa shape index (κ2) is 7.53. The first-order valence-electron chi connectivity index (χ1n) is 9.38. The van der Waals surface area contributed by atoms with Crippen LogP contribution in [0.4, 0.5) is 5.69 Å². The highest BCUT2D eigenvalue weighted by atomic mass is 14.7. The minimum Gasteiger partial charge on any atom is -0.256 e. The molecule has 1 heteroatoms. The highest BCUT2D eigenvalue weighted by molar-refractivity contribution is 6.13. The molecule has 0 spiro atoms. The predicted octanol–water partition coefficient (Wildman–Crippen LogP) is 7.09. The number of aliphatic imine (C=N–C) groups is 1. The van der Waals surface area contributed by atoms with E-state index < -0.39 is 0 Å². The van der Waals surface area contributed by atoms with Gasteiger partial charge in [-0.15, -0.1) is 0 Å². The molecule has 0 aliphatic heterocycles. The SMILES string of the molecule is CCCCc1ccc(N=Cc2c3ccccc3cc3ccccc23)cc1. The Morgan fingerprint density at radius 2 is 1.38 bits per heavy atom. The van der Waals surface area contributed by atoms with E-state index in [0.717, 1.165) is 12.1 Å². The summed E-state index contributed by atoms with van der Waals surface area (Å²) in [6.45, 7) is 2.23. The maximum absolute atomic E-state index is 4.77. The number of nitrogens with zero attached hydrogens (tertiary/aromatic N) is 1. The van der Waals surface area contributed by atoms with E-state index in [4.69, 9.17) is 4.99 Å². The summed E-state index contributed by atoms with van der Waals surface area (Å²) in [6, 6.07) is 28.0. The van der Waals surface area contributed by atoms with Crippen molar-refractivity contribution in [2.75, 3.05) is 0 Å². The number of unbranched alkanes of at least 4 members (excludes halogenated alkanes) is 1. The zero-order chi connectivity index (χ0) is 17.8. The molecular weight excluding hydrogens is 314 g/mol. The quantitative estimate of drug-likeness (QED) is 0.272. The van der Waals surface area contributed by atoms with E-state index in [1.807, 2.05) is 6.21 Å². The lowest BCUT2D eigenvalue weighted by Crippen LogP contribution is -1.88. The Labute approximate surface area is 155 Å². The monoisotopic (exact) mass is 337 g/mol. The zero-order valence-electron chi connectivity index (χ0n) is 15.2. The molecule has 4 aromatic rings. The number of rotatable bonds is 5. The predicted molar refractivity (Wildman–Crippen MR) is 114 cm³/mol. The van der Waals surface area contributed by atoms with Crippen LogP contribution < -0.4 is 0 Å². The summed E-state index contributed by atoms with van der Waals surface area (Å²) in [4.78, 5) is 4.77. The first-order valence-corrected chi connectivity index (χ1v) is 9.38. The first-order chi connectivity index (χ1) is 12.8. The van der Waals surface area contributed by atoms with Gasteiger partial charge >= 0.3 is 0 Å². The van der Waals surface area contributed by atoms with Crippen LogP contribution in [0.1, 0.15) is 30.9 Å². The topological polar surface area (TPSA) is 12.4 Å². The molecule has 0 aromatic heterocycles. The fourth-order valence-corrected chi connectivity index (χ4v) is 3.46. The lowest BCUT2D eigenvalue weighted by atomic mass is 9.97. The van der Waals surface area contributed by atoms with E-state index in [1.54, 1.807) is 0 Å². The van der Waals surface area contributed by atoms with Crippen molar-refractivity contribution in [3.05, 3.63) is 90.0 Å². The van der Waals surface area contributed by atoms with Gasteiger partial charge in [0.25, 0.3) is 0 Å². The molecule has 0 saturated carbocycles. The van der Waals surface area contributed by atoms with Gasteiger partial charge in [-0.2, -0.15) is 0 Å². The van der Waals surface area contributed by atoms with Gasteiger partial charge in [0.1, 0.15) is 0 Å². The maximum atomic E-state index is 4.77. The van der Waals surface area contributed by atoms with Crippen LogP contribution in [0, 0.1) is 0 Å². The van der Waals surface area contributed by atoms with Crippen LogP contribution >= 0.6 is 0 Å². The van der Waals surface area contributed by atoms with Gasteiger partial charge in [-0.25, -0.2) is 0 Å². The van der Waals surface area contributed by atoms with E-state index in [9.17, 15) is 0 Å². The molecule has 0 amide bonds. The van der Waals surface area contributed by atoms with Crippen molar-refractivity contribution < 1.29 is 0 Å². The molecule has 0 radical (unpaired) electrons. The Balaban J connectivity index is 1.74. The highest BCUT2D eigenvalue weighted by Crippen LogP contribution is 2.28. The standard InChI is InChI=1S/C25H23N/c1-2-3-8-19-13-15-22(16-14-19)26-18-25-23-11-6-4-9-20(23)17-21-10-5-7-12-24(21)25/h4-7,9-18H,2-3,8H2,1H3. The van der Waals surface area contributed by atoms with Crippen LogP contribution in [0.15, 0.2) is 83.9 Å². The Kier molecular flexibility index (Phi) is 4.79. The van der Waals surface area contributed by atoms with Crippen molar-refractivity contribution in [2.45, 2.75) is 26.2 Å². The number of benzene rings is 4. The van der Waals surface area contributed by atoms with Gasteiger partial charge in [0.2, 0.25) is 0 Å². The number of hydrogen-bond donors (Lipinski definition) is 0. The second-order valence-electron chi connectivity index (χ2n) is 6.76. The van der Waals surface area contributed by atoms with Crippen LogP contribution in [0.25, 0.3) is 21.5 Å². The number of aryl methyl sites for hydroxylation is 1. The summed E-state index contributed by atoms with van der Waals surface area (Å²) in [5, 5.41) is 4.99. The molecule has 0 fully saturated rings. The lowest BCUT2D eigenvalue weighted by Gasteiger charge is -2.08. The average molecular weight is 337 g/mol. The highest BCUT2D eigenvalue weighted by Gasteiger charge is 2.05. The molecule has 0 aliphatic rings. The molecule has 0 aliphatic carbocycles. The molecule has 4 rings (SSSR count). The Hall–Kier alpha value is -2.93. The maximum Gasteiger partial charge on any atom is 0.0630 e. The molecule has 0 bridgehead atoms. The molecule has 0 saturated heterocycles. The van der Waals surface area contributed by atoms with Gasteiger partial charge in [-0.05, 0) is 58.1 Å². The third-order valence-electron chi connectivity index (χ3n) is 4.91. The van der Waals surface area contributed by atoms with Gasteiger partial charge in [0, 0.05) is 11.8 Å². The van der Waals surface area contributed by atoms with Crippen LogP contribution in [-0.2, 0) is 6.42 Å². The minimum absolute atomic E-state index is 1.00.